The molecule has 3 aliphatic heterocycles. The van der Waals surface area contributed by atoms with Crippen molar-refractivity contribution in [3.05, 3.63) is 24.4 Å². The first-order valence-electron chi connectivity index (χ1n) is 21.7. The third kappa shape index (κ3) is 11.9. The molecule has 0 aliphatic carbocycles. The van der Waals surface area contributed by atoms with Crippen molar-refractivity contribution >= 4 is 23.8 Å². The summed E-state index contributed by atoms with van der Waals surface area (Å²) in [5, 5.41) is 50.6. The van der Waals surface area contributed by atoms with E-state index in [0.717, 1.165) is 0 Å². The number of carbonyl (C=O) groups is 2. The molecule has 5 N–H and O–H groups in total. The molecule has 0 bridgehead atoms. The number of hydrogen-bond acceptors (Lipinski definition) is 17. The van der Waals surface area contributed by atoms with E-state index in [0.29, 0.717) is 12.2 Å². The molecular weight excluding hydrogens is 792 g/mol. The smallest absolute Gasteiger partial charge is 0.311 e. The van der Waals surface area contributed by atoms with Gasteiger partial charge < -0.3 is 58.5 Å². The fourth-order valence-electron chi connectivity index (χ4n) is 9.33. The lowest BCUT2D eigenvalue weighted by Crippen LogP contribution is -2.61. The summed E-state index contributed by atoms with van der Waals surface area (Å²) < 4.78 is 45.0. The standard InChI is InChI=1S/C44H74N4O13/c1-14-31-44(10,54)37(51)26(4)34(49)24(2)22-43(9,56-20-19-46-47-32-17-15-16-18-45-32)39(61-41-35(50)30(48(11)12)21-25(3)57-41)27(5)36(28(6)40(53)59-31)60-33-23-42(8,55-13)38(52)29(7)58-33/h15-19,24-31,33,35-39,41,50-52,54H,14,20-23H2,1-13H3,(H,45,47)/b46-19+/t24-,25-,26+,27+,28-,29+,30+,31?,33+,35-,36?,37-,38+,39-,41+,42-,43-,44-/m1/s1. The Bertz CT molecular complexity index is 1590. The Morgan fingerprint density at radius 3 is 2.26 bits per heavy atom. The summed E-state index contributed by atoms with van der Waals surface area (Å²) in [6.45, 7) is 16.9. The van der Waals surface area contributed by atoms with Crippen molar-refractivity contribution in [3.63, 3.8) is 0 Å². The average Bonchev–Trinajstić information content (AvgIpc) is 3.22. The summed E-state index contributed by atoms with van der Waals surface area (Å²) in [5.41, 5.74) is -1.64. The van der Waals surface area contributed by atoms with E-state index in [1.165, 1.54) is 20.2 Å². The highest BCUT2D eigenvalue weighted by Gasteiger charge is 2.54. The number of methoxy groups -OCH3 is 1. The Kier molecular flexibility index (Phi) is 17.8. The van der Waals surface area contributed by atoms with Crippen LogP contribution in [0.5, 0.6) is 0 Å². The number of aromatic nitrogens is 1. The number of nitrogens with zero attached hydrogens (tertiary/aromatic N) is 3. The molecule has 17 heteroatoms. The molecule has 0 aromatic carbocycles. The first-order chi connectivity index (χ1) is 28.5. The first-order valence-corrected chi connectivity index (χ1v) is 21.7. The monoisotopic (exact) mass is 867 g/mol. The van der Waals surface area contributed by atoms with E-state index < -0.39 is 102 Å². The molecule has 4 heterocycles. The molecule has 3 saturated heterocycles. The number of ketones is 1. The van der Waals surface area contributed by atoms with Crippen molar-refractivity contribution < 1.29 is 63.2 Å². The highest BCUT2D eigenvalue weighted by atomic mass is 16.7. The van der Waals surface area contributed by atoms with Gasteiger partial charge in [-0.3, -0.25) is 15.0 Å². The van der Waals surface area contributed by atoms with Crippen molar-refractivity contribution in [3.8, 4) is 0 Å². The summed E-state index contributed by atoms with van der Waals surface area (Å²) in [7, 11) is 5.24. The largest absolute Gasteiger partial charge is 0.459 e. The van der Waals surface area contributed by atoms with Gasteiger partial charge in [-0.05, 0) is 87.0 Å². The van der Waals surface area contributed by atoms with Gasteiger partial charge in [-0.25, -0.2) is 4.98 Å². The molecule has 1 aromatic rings. The number of carbonyl (C=O) groups excluding carboxylic acids is 2. The molecule has 61 heavy (non-hydrogen) atoms. The maximum absolute atomic E-state index is 14.4. The molecule has 348 valence electrons. The van der Waals surface area contributed by atoms with Gasteiger partial charge >= 0.3 is 5.97 Å². The summed E-state index contributed by atoms with van der Waals surface area (Å²) in [4.78, 5) is 34.9. The Labute approximate surface area is 361 Å². The van der Waals surface area contributed by atoms with E-state index in [1.807, 2.05) is 38.9 Å². The van der Waals surface area contributed by atoms with Gasteiger partial charge in [-0.2, -0.15) is 5.10 Å². The van der Waals surface area contributed by atoms with Gasteiger partial charge in [0.05, 0.1) is 60.5 Å². The molecule has 0 radical (unpaired) electrons. The van der Waals surface area contributed by atoms with Crippen molar-refractivity contribution in [2.75, 3.05) is 33.2 Å². The van der Waals surface area contributed by atoms with E-state index in [9.17, 15) is 30.0 Å². The third-order valence-corrected chi connectivity index (χ3v) is 13.2. The van der Waals surface area contributed by atoms with Gasteiger partial charge in [0.2, 0.25) is 0 Å². The predicted octanol–water partition coefficient (Wildman–Crippen LogP) is 3.30. The minimum absolute atomic E-state index is 0.0185. The highest BCUT2D eigenvalue weighted by Crippen LogP contribution is 2.42. The number of aliphatic hydroxyl groups is 4. The van der Waals surface area contributed by atoms with E-state index in [2.05, 4.69) is 15.5 Å². The molecule has 4 rings (SSSR count). The molecule has 18 atom stereocenters. The van der Waals surface area contributed by atoms with Gasteiger partial charge in [-0.1, -0.05) is 33.8 Å². The van der Waals surface area contributed by atoms with Crippen LogP contribution in [-0.4, -0.2) is 160 Å². The lowest BCUT2D eigenvalue weighted by molar-refractivity contribution is -0.320. The number of likely N-dealkylation sites (N-methyl/N-ethyl adjacent to an activating group) is 1. The average molecular weight is 867 g/mol. The number of Topliss-reactive ketones (excluding diaryl/α,β-unsaturated/α-hetero) is 1. The molecule has 1 aromatic heterocycles. The number of ether oxygens (including phenoxy) is 7. The van der Waals surface area contributed by atoms with Crippen LogP contribution in [0.25, 0.3) is 0 Å². The number of rotatable bonds is 12. The molecule has 0 saturated carbocycles. The maximum atomic E-state index is 14.4. The number of esters is 1. The Morgan fingerprint density at radius 1 is 0.967 bits per heavy atom. The molecule has 2 unspecified atom stereocenters. The second kappa shape index (κ2) is 21.3. The zero-order valence-corrected chi connectivity index (χ0v) is 38.4. The minimum Gasteiger partial charge on any atom is -0.459 e. The van der Waals surface area contributed by atoms with Gasteiger partial charge in [0.25, 0.3) is 0 Å². The zero-order valence-electron chi connectivity index (χ0n) is 38.4. The maximum Gasteiger partial charge on any atom is 0.311 e. The number of hydrazone groups is 1. The van der Waals surface area contributed by atoms with Crippen LogP contribution in [0.15, 0.2) is 29.5 Å². The van der Waals surface area contributed by atoms with Crippen LogP contribution in [0.3, 0.4) is 0 Å². The fraction of sp³-hybridized carbons (Fsp3) is 0.818. The topological polar surface area (TPSA) is 220 Å². The second-order valence-corrected chi connectivity index (χ2v) is 18.4. The molecule has 3 fully saturated rings. The quantitative estimate of drug-likeness (QED) is 0.116. The van der Waals surface area contributed by atoms with E-state index in [4.69, 9.17) is 33.2 Å². The van der Waals surface area contributed by atoms with Crippen LogP contribution in [0.2, 0.25) is 0 Å². The predicted molar refractivity (Wildman–Crippen MR) is 226 cm³/mol. The van der Waals surface area contributed by atoms with Crippen LogP contribution in [0, 0.1) is 23.7 Å². The fourth-order valence-corrected chi connectivity index (χ4v) is 9.33. The van der Waals surface area contributed by atoms with E-state index in [-0.39, 0.29) is 43.8 Å². The van der Waals surface area contributed by atoms with Crippen molar-refractivity contribution in [1.82, 2.24) is 9.88 Å². The number of hydrogen-bond donors (Lipinski definition) is 5. The molecule has 3 aliphatic rings. The number of nitrogens with one attached hydrogen (secondary N) is 1. The second-order valence-electron chi connectivity index (χ2n) is 18.4. The van der Waals surface area contributed by atoms with Gasteiger partial charge in [0, 0.05) is 43.5 Å². The van der Waals surface area contributed by atoms with Crippen LogP contribution in [0.4, 0.5) is 5.82 Å². The number of aliphatic hydroxyl groups excluding tert-OH is 3. The van der Waals surface area contributed by atoms with E-state index in [1.54, 1.807) is 66.8 Å². The third-order valence-electron chi connectivity index (χ3n) is 13.2. The van der Waals surface area contributed by atoms with Crippen LogP contribution in [-0.2, 0) is 42.7 Å². The first kappa shape index (κ1) is 51.0. The normalized spacial score (nSPS) is 43.5. The zero-order chi connectivity index (χ0) is 45.6. The van der Waals surface area contributed by atoms with Gasteiger partial charge in [0.1, 0.15) is 35.5 Å². The Balaban J connectivity index is 1.90. The van der Waals surface area contributed by atoms with Crippen LogP contribution >= 0.6 is 0 Å². The molecular formula is C44H74N4O13. The SMILES string of the molecule is CCC1OC(=O)[C@H](C)C(O[C@H]2C[C@@](C)(OC)[C@@H](O)[C@H](C)O2)[C@H](C)[C@@H](O[C@@H]2O[C@H](C)C[C@H](N(C)C)[C@H]2O)[C@](C)(OC/C=N/Nc2ccccn2)C[C@@H](C)C(=O)[C@H](C)[C@@H](O)[C@]1(C)O. The van der Waals surface area contributed by atoms with Crippen LogP contribution < -0.4 is 5.43 Å². The molecule has 0 spiro atoms. The van der Waals surface area contributed by atoms with Crippen molar-refractivity contribution in [2.45, 2.75) is 179 Å². The van der Waals surface area contributed by atoms with Gasteiger partial charge in [-0.15, -0.1) is 0 Å². The summed E-state index contributed by atoms with van der Waals surface area (Å²) >= 11 is 0. The van der Waals surface area contributed by atoms with Crippen LogP contribution in [0.1, 0.15) is 94.9 Å². The lowest BCUT2D eigenvalue weighted by Gasteiger charge is -2.50. The Hall–Kier alpha value is -2.68. The number of anilines is 1. The van der Waals surface area contributed by atoms with Crippen molar-refractivity contribution in [2.24, 2.45) is 28.8 Å². The minimum atomic E-state index is -2.01. The molecule has 0 amide bonds. The highest BCUT2D eigenvalue weighted by molar-refractivity contribution is 5.83. The van der Waals surface area contributed by atoms with E-state index >= 15 is 0 Å². The lowest BCUT2D eigenvalue weighted by atomic mass is 9.73. The Morgan fingerprint density at radius 2 is 1.66 bits per heavy atom. The van der Waals surface area contributed by atoms with Gasteiger partial charge in [0.15, 0.2) is 12.6 Å². The molecule has 17 nitrogen and oxygen atoms in total. The van der Waals surface area contributed by atoms with Crippen molar-refractivity contribution in [1.29, 1.82) is 0 Å². The number of cyclic esters (lactones) is 1. The summed E-state index contributed by atoms with van der Waals surface area (Å²) in [6.07, 6.45) is -6.39. The summed E-state index contributed by atoms with van der Waals surface area (Å²) in [6, 6.07) is 5.01. The number of pyridine rings is 1. The summed E-state index contributed by atoms with van der Waals surface area (Å²) in [5.74, 6) is -4.35.